The molecule has 0 unspecified atom stereocenters. The van der Waals surface area contributed by atoms with Gasteiger partial charge in [0.2, 0.25) is 0 Å². The van der Waals surface area contributed by atoms with E-state index < -0.39 is 0 Å². The maximum Gasteiger partial charge on any atom is 0.305 e. The fourth-order valence-corrected chi connectivity index (χ4v) is 4.52. The molecule has 0 atom stereocenters. The molecule has 2 heterocycles. The van der Waals surface area contributed by atoms with E-state index in [1.807, 2.05) is 24.3 Å². The van der Waals surface area contributed by atoms with Gasteiger partial charge in [-0.3, -0.25) is 9.69 Å². The number of piperidine rings is 1. The Bertz CT molecular complexity index is 981. The van der Waals surface area contributed by atoms with Crippen molar-refractivity contribution < 1.29 is 4.39 Å². The molecule has 3 aromatic rings. The van der Waals surface area contributed by atoms with E-state index >= 15 is 0 Å². The van der Waals surface area contributed by atoms with Crippen LogP contribution in [0.1, 0.15) is 24.0 Å². The van der Waals surface area contributed by atoms with Crippen LogP contribution in [0.5, 0.6) is 0 Å². The number of benzene rings is 2. The van der Waals surface area contributed by atoms with Gasteiger partial charge < -0.3 is 4.98 Å². The average molecular weight is 383 g/mol. The van der Waals surface area contributed by atoms with Crippen molar-refractivity contribution in [1.29, 1.82) is 0 Å². The molecule has 0 radical (unpaired) electrons. The number of nitrogens with zero attached hydrogens (tertiary/aromatic N) is 1. The van der Waals surface area contributed by atoms with Gasteiger partial charge in [-0.2, -0.15) is 0 Å². The lowest BCUT2D eigenvalue weighted by molar-refractivity contribution is 0.200. The number of fused-ring (bicyclic) bond motifs is 1. The maximum absolute atomic E-state index is 13.0. The summed E-state index contributed by atoms with van der Waals surface area (Å²) >= 11 is 1.25. The van der Waals surface area contributed by atoms with Crippen LogP contribution < -0.4 is 4.87 Å². The third-order valence-corrected chi connectivity index (χ3v) is 6.11. The molecule has 140 valence electrons. The third-order valence-electron chi connectivity index (χ3n) is 5.26. The Hall–Kier alpha value is -2.24. The minimum Gasteiger partial charge on any atom is -0.312 e. The Kier molecular flexibility index (Phi) is 5.50. The lowest BCUT2D eigenvalue weighted by Crippen LogP contribution is -2.34. The van der Waals surface area contributed by atoms with Crippen LogP contribution >= 0.6 is 11.3 Å². The second kappa shape index (κ2) is 8.19. The van der Waals surface area contributed by atoms with Crippen LogP contribution in [0.4, 0.5) is 4.39 Å². The highest BCUT2D eigenvalue weighted by Gasteiger charge is 2.18. The first-order chi connectivity index (χ1) is 13.2. The van der Waals surface area contributed by atoms with Crippen LogP contribution in [0.3, 0.4) is 0 Å². The van der Waals surface area contributed by atoms with E-state index in [0.29, 0.717) is 5.92 Å². The predicted molar refractivity (Wildman–Crippen MR) is 111 cm³/mol. The molecule has 27 heavy (non-hydrogen) atoms. The van der Waals surface area contributed by atoms with Gasteiger partial charge in [-0.15, -0.1) is 0 Å². The van der Waals surface area contributed by atoms with Gasteiger partial charge in [0.15, 0.2) is 0 Å². The Morgan fingerprint density at radius 3 is 2.70 bits per heavy atom. The zero-order valence-electron chi connectivity index (χ0n) is 15.2. The maximum atomic E-state index is 13.0. The van der Waals surface area contributed by atoms with Crippen molar-refractivity contribution in [2.24, 2.45) is 5.92 Å². The number of hydrogen-bond donors (Lipinski definition) is 1. The van der Waals surface area contributed by atoms with E-state index in [1.165, 1.54) is 29.7 Å². The molecule has 3 nitrogen and oxygen atoms in total. The lowest BCUT2D eigenvalue weighted by Gasteiger charge is -2.31. The topological polar surface area (TPSA) is 36.1 Å². The number of thiazole rings is 1. The number of likely N-dealkylation sites (tertiary alicyclic amines) is 1. The molecular formula is C22H23FN2OS. The average Bonchev–Trinajstić information content (AvgIpc) is 3.04. The van der Waals surface area contributed by atoms with Gasteiger partial charge >= 0.3 is 4.87 Å². The molecule has 1 aliphatic rings. The van der Waals surface area contributed by atoms with Crippen LogP contribution in [0.25, 0.3) is 16.3 Å². The standard InChI is InChI=1S/C22H23FN2OS/c23-19-6-3-17(4-7-19)14-18-9-12-25(13-10-18)11-1-2-16-5-8-20-21(15-16)27-22(26)24-20/h1-8,15,18H,9-14H2,(H,24,26)/b2-1-. The lowest BCUT2D eigenvalue weighted by atomic mass is 9.90. The number of H-pyrrole nitrogens is 1. The van der Waals surface area contributed by atoms with Gasteiger partial charge in [0.05, 0.1) is 10.2 Å². The number of aromatic amines is 1. The molecule has 0 bridgehead atoms. The zero-order valence-corrected chi connectivity index (χ0v) is 16.0. The molecule has 0 saturated carbocycles. The van der Waals surface area contributed by atoms with Crippen molar-refractivity contribution in [3.05, 3.63) is 75.2 Å². The normalized spacial score (nSPS) is 16.5. The second-order valence-electron chi connectivity index (χ2n) is 7.25. The largest absolute Gasteiger partial charge is 0.312 e. The van der Waals surface area contributed by atoms with E-state index in [-0.39, 0.29) is 10.7 Å². The Morgan fingerprint density at radius 2 is 1.93 bits per heavy atom. The third kappa shape index (κ3) is 4.73. The summed E-state index contributed by atoms with van der Waals surface area (Å²) in [6.45, 7) is 3.16. The molecule has 1 aliphatic heterocycles. The molecule has 0 spiro atoms. The highest BCUT2D eigenvalue weighted by atomic mass is 32.1. The van der Waals surface area contributed by atoms with Gasteiger partial charge in [-0.1, -0.05) is 41.7 Å². The van der Waals surface area contributed by atoms with Crippen molar-refractivity contribution in [3.8, 4) is 0 Å². The minimum absolute atomic E-state index is 0.00496. The number of nitrogens with one attached hydrogen (secondary N) is 1. The summed E-state index contributed by atoms with van der Waals surface area (Å²) < 4.78 is 14.0. The van der Waals surface area contributed by atoms with Crippen LogP contribution in [0.15, 0.2) is 53.3 Å². The quantitative estimate of drug-likeness (QED) is 0.694. The highest BCUT2D eigenvalue weighted by molar-refractivity contribution is 7.16. The molecule has 4 rings (SSSR count). The molecule has 2 aromatic carbocycles. The summed E-state index contributed by atoms with van der Waals surface area (Å²) in [5, 5.41) is 0. The van der Waals surface area contributed by atoms with E-state index in [0.717, 1.165) is 41.8 Å². The molecular weight excluding hydrogens is 359 g/mol. The van der Waals surface area contributed by atoms with Crippen molar-refractivity contribution >= 4 is 27.6 Å². The number of halogens is 1. The summed E-state index contributed by atoms with van der Waals surface area (Å²) in [7, 11) is 0. The highest BCUT2D eigenvalue weighted by Crippen LogP contribution is 2.22. The van der Waals surface area contributed by atoms with E-state index in [4.69, 9.17) is 0 Å². The summed E-state index contributed by atoms with van der Waals surface area (Å²) in [4.78, 5) is 16.7. The van der Waals surface area contributed by atoms with Gasteiger partial charge in [0.1, 0.15) is 5.82 Å². The number of rotatable bonds is 5. The molecule has 0 amide bonds. The van der Waals surface area contributed by atoms with E-state index in [1.54, 1.807) is 12.1 Å². The van der Waals surface area contributed by atoms with Gasteiger partial charge in [0.25, 0.3) is 0 Å². The molecule has 1 fully saturated rings. The molecule has 1 N–H and O–H groups in total. The van der Waals surface area contributed by atoms with Gasteiger partial charge in [-0.05, 0) is 73.7 Å². The van der Waals surface area contributed by atoms with Crippen LogP contribution in [0, 0.1) is 11.7 Å². The molecule has 1 saturated heterocycles. The van der Waals surface area contributed by atoms with Crippen molar-refractivity contribution in [2.45, 2.75) is 19.3 Å². The molecule has 0 aliphatic carbocycles. The number of aromatic nitrogens is 1. The van der Waals surface area contributed by atoms with E-state index in [2.05, 4.69) is 28.1 Å². The van der Waals surface area contributed by atoms with Crippen molar-refractivity contribution in [1.82, 2.24) is 9.88 Å². The van der Waals surface area contributed by atoms with Gasteiger partial charge in [-0.25, -0.2) is 4.39 Å². The van der Waals surface area contributed by atoms with Crippen LogP contribution in [0.2, 0.25) is 0 Å². The Morgan fingerprint density at radius 1 is 1.15 bits per heavy atom. The smallest absolute Gasteiger partial charge is 0.305 e. The number of hydrogen-bond acceptors (Lipinski definition) is 3. The molecule has 5 heteroatoms. The minimum atomic E-state index is -0.162. The van der Waals surface area contributed by atoms with Gasteiger partial charge in [0, 0.05) is 6.54 Å². The first kappa shape index (κ1) is 18.1. The summed E-state index contributed by atoms with van der Waals surface area (Å²) in [5.41, 5.74) is 3.27. The van der Waals surface area contributed by atoms with Crippen molar-refractivity contribution in [3.63, 3.8) is 0 Å². The summed E-state index contributed by atoms with van der Waals surface area (Å²) in [6.07, 6.45) is 7.76. The first-order valence-electron chi connectivity index (χ1n) is 9.42. The zero-order chi connectivity index (χ0) is 18.6. The predicted octanol–water partition coefficient (Wildman–Crippen LogP) is 4.70. The Balaban J connectivity index is 1.26. The molecule has 1 aromatic heterocycles. The fraction of sp³-hybridized carbons (Fsp3) is 0.318. The van der Waals surface area contributed by atoms with Crippen LogP contribution in [-0.2, 0) is 6.42 Å². The SMILES string of the molecule is O=c1[nH]c2ccc(/C=C\CN3CCC(Cc4ccc(F)cc4)CC3)cc2s1. The second-order valence-corrected chi connectivity index (χ2v) is 8.26. The first-order valence-corrected chi connectivity index (χ1v) is 10.2. The van der Waals surface area contributed by atoms with Crippen LogP contribution in [-0.4, -0.2) is 29.5 Å². The van der Waals surface area contributed by atoms with Crippen molar-refractivity contribution in [2.75, 3.05) is 19.6 Å². The fourth-order valence-electron chi connectivity index (χ4n) is 3.73. The summed E-state index contributed by atoms with van der Waals surface area (Å²) in [6, 6.07) is 13.0. The summed E-state index contributed by atoms with van der Waals surface area (Å²) in [5.74, 6) is 0.527. The van der Waals surface area contributed by atoms with E-state index in [9.17, 15) is 9.18 Å². The Labute approximate surface area is 162 Å². The monoisotopic (exact) mass is 382 g/mol.